The van der Waals surface area contributed by atoms with Crippen molar-refractivity contribution in [2.45, 2.75) is 72.6 Å². The van der Waals surface area contributed by atoms with Gasteiger partial charge in [0.1, 0.15) is 0 Å². The van der Waals surface area contributed by atoms with Gasteiger partial charge in [0.2, 0.25) is 0 Å². The molecular formula is C86H90P4Sn. The van der Waals surface area contributed by atoms with Crippen LogP contribution in [0.15, 0.2) is 375 Å². The van der Waals surface area contributed by atoms with Gasteiger partial charge in [-0.1, -0.05) is 364 Å². The van der Waals surface area contributed by atoms with Crippen LogP contribution in [0.5, 0.6) is 0 Å². The van der Waals surface area contributed by atoms with Gasteiger partial charge in [0.25, 0.3) is 0 Å². The van der Waals surface area contributed by atoms with Crippen LogP contribution in [-0.4, -0.2) is 18.4 Å². The first-order valence-electron chi connectivity index (χ1n) is 32.5. The van der Waals surface area contributed by atoms with Crippen molar-refractivity contribution >= 4 is 114 Å². The molecule has 0 heterocycles. The zero-order chi connectivity index (χ0) is 63.2. The summed E-state index contributed by atoms with van der Waals surface area (Å²) in [5.41, 5.74) is 0. The van der Waals surface area contributed by atoms with Crippen molar-refractivity contribution < 1.29 is 0 Å². The van der Waals surface area contributed by atoms with Crippen molar-refractivity contribution in [1.82, 2.24) is 0 Å². The third-order valence-electron chi connectivity index (χ3n) is 15.7. The Morgan fingerprint density at radius 3 is 0.407 bits per heavy atom. The quantitative estimate of drug-likeness (QED) is 0.0469. The Morgan fingerprint density at radius 2 is 0.319 bits per heavy atom. The number of benzene rings is 12. The summed E-state index contributed by atoms with van der Waals surface area (Å²) < 4.78 is 7.16. The summed E-state index contributed by atoms with van der Waals surface area (Å²) in [6.07, 6.45) is 8.46. The molecule has 12 aromatic carbocycles. The average Bonchev–Trinajstić information content (AvgIpc) is 2.37. The van der Waals surface area contributed by atoms with E-state index in [1.807, 2.05) is 0 Å². The molecule has 0 aromatic heterocycles. The Balaban J connectivity index is 0.000000147. The van der Waals surface area contributed by atoms with Gasteiger partial charge >= 0.3 is 102 Å². The maximum Gasteiger partial charge on any atom is -0.0134 e. The van der Waals surface area contributed by atoms with E-state index in [-0.39, 0.29) is 0 Å². The van der Waals surface area contributed by atoms with Crippen LogP contribution in [0.4, 0.5) is 0 Å². The Labute approximate surface area is 556 Å². The molecule has 91 heavy (non-hydrogen) atoms. The molecule has 458 valence electrons. The predicted molar refractivity (Wildman–Crippen MR) is 416 cm³/mol. The normalized spacial score (nSPS) is 10.8. The van der Waals surface area contributed by atoms with Crippen molar-refractivity contribution in [2.24, 2.45) is 0 Å². The largest absolute Gasteiger partial charge is 0.0622 e. The van der Waals surface area contributed by atoms with Crippen molar-refractivity contribution in [1.29, 1.82) is 0 Å². The van der Waals surface area contributed by atoms with Gasteiger partial charge in [0, 0.05) is 0 Å². The molecular weight excluding hydrogens is 1280 g/mol. The first kappa shape index (κ1) is 69.8. The molecule has 0 saturated heterocycles. The molecule has 0 unspecified atom stereocenters. The van der Waals surface area contributed by atoms with Crippen LogP contribution in [0, 0.1) is 0 Å². The van der Waals surface area contributed by atoms with Gasteiger partial charge in [-0.3, -0.25) is 0 Å². The molecule has 0 nitrogen and oxygen atoms in total. The average molecular weight is 1370 g/mol. The molecule has 0 aliphatic carbocycles. The van der Waals surface area contributed by atoms with E-state index in [2.05, 4.69) is 395 Å². The van der Waals surface area contributed by atoms with Gasteiger partial charge in [-0.2, -0.15) is 0 Å². The summed E-state index contributed by atoms with van der Waals surface area (Å²) in [5.74, 6) is 0. The first-order valence-corrected chi connectivity index (χ1v) is 45.6. The van der Waals surface area contributed by atoms with Gasteiger partial charge in [-0.15, -0.1) is 0 Å². The summed E-state index contributed by atoms with van der Waals surface area (Å²) >= 11 is -1.85. The molecule has 5 heteroatoms. The van der Waals surface area contributed by atoms with E-state index in [4.69, 9.17) is 0 Å². The van der Waals surface area contributed by atoms with E-state index >= 15 is 0 Å². The molecule has 0 bridgehead atoms. The van der Waals surface area contributed by atoms with Crippen molar-refractivity contribution in [3.63, 3.8) is 0 Å². The maximum absolute atomic E-state index is 4.19. The van der Waals surface area contributed by atoms with Gasteiger partial charge in [-0.25, -0.2) is 0 Å². The topological polar surface area (TPSA) is 0 Å². The van der Waals surface area contributed by atoms with E-state index < -0.39 is 50.1 Å². The van der Waals surface area contributed by atoms with Crippen molar-refractivity contribution in [2.75, 3.05) is 0 Å². The van der Waals surface area contributed by atoms with Gasteiger partial charge in [0.05, 0.1) is 0 Å². The monoisotopic (exact) mass is 1370 g/mol. The fraction of sp³-hybridized carbons (Fsp3) is 0.140. The predicted octanol–water partition coefficient (Wildman–Crippen LogP) is 19.3. The van der Waals surface area contributed by atoms with Gasteiger partial charge in [-0.05, 0) is 95.3 Å². The Kier molecular flexibility index (Phi) is 31.2. The fourth-order valence-electron chi connectivity index (χ4n) is 11.0. The minimum absolute atomic E-state index is 0.446. The van der Waals surface area contributed by atoms with Crippen LogP contribution < -0.4 is 63.7 Å². The standard InChI is InChI=1S/4C18H15P.3C4H9.C2H3.Sn/c4*1-4-10-16(11-5-1)19(17-12-6-2-7-13-17)18-14-8-3-9-15-18;3*1-3-4-2;1-2;/h4*1-15H;3*1,3-4H2,2H3;1H,2H2;. The molecule has 12 aromatic rings. The van der Waals surface area contributed by atoms with Gasteiger partial charge in [0.15, 0.2) is 0 Å². The fourth-order valence-corrected chi connectivity index (χ4v) is 33.1. The molecule has 0 N–H and O–H groups in total. The maximum atomic E-state index is 4.19. The van der Waals surface area contributed by atoms with E-state index in [1.54, 1.807) is 13.3 Å². The van der Waals surface area contributed by atoms with E-state index in [0.29, 0.717) is 0 Å². The van der Waals surface area contributed by atoms with E-state index in [1.165, 1.54) is 102 Å². The second-order valence-corrected chi connectivity index (χ2v) is 44.3. The number of hydrogen-bond donors (Lipinski definition) is 0. The molecule has 0 saturated carbocycles. The van der Waals surface area contributed by atoms with E-state index in [9.17, 15) is 0 Å². The number of unbranched alkanes of at least 4 members (excludes halogenated alkanes) is 3. The Hall–Kier alpha value is -7.10. The molecule has 0 spiro atoms. The SMILES string of the molecule is C=[CH][Sn]([CH2]CCC)([CH2]CCC)[CH2]CCC.c1ccc(P(c2ccccc2)c2ccccc2)cc1.c1ccc(P(c2ccccc2)c2ccccc2)cc1.c1ccc(P(c2ccccc2)c2ccccc2)cc1.c1ccc(P(c2ccccc2)c2ccccc2)cc1. The summed E-state index contributed by atoms with van der Waals surface area (Å²) in [6, 6.07) is 129. The molecule has 0 aliphatic rings. The second kappa shape index (κ2) is 40.7. The molecule has 0 aliphatic heterocycles. The molecule has 0 amide bonds. The third kappa shape index (κ3) is 22.6. The summed E-state index contributed by atoms with van der Waals surface area (Å²) in [7, 11) is -1.78. The Bertz CT molecular complexity index is 2890. The smallest absolute Gasteiger partial charge is 0.0134 e. The summed E-state index contributed by atoms with van der Waals surface area (Å²) in [5, 5.41) is 16.8. The Morgan fingerprint density at radius 1 is 0.209 bits per heavy atom. The third-order valence-corrected chi connectivity index (χ3v) is 39.5. The zero-order valence-corrected chi connectivity index (χ0v) is 60.0. The van der Waals surface area contributed by atoms with Crippen LogP contribution >= 0.6 is 31.7 Å². The molecule has 0 atom stereocenters. The van der Waals surface area contributed by atoms with Crippen LogP contribution in [0.1, 0.15) is 59.3 Å². The summed E-state index contributed by atoms with van der Waals surface area (Å²) in [4.78, 5) is 0. The summed E-state index contributed by atoms with van der Waals surface area (Å²) in [6.45, 7) is 11.1. The van der Waals surface area contributed by atoms with Crippen LogP contribution in [0.2, 0.25) is 13.3 Å². The molecule has 12 rings (SSSR count). The minimum atomic E-state index is -1.85. The molecule has 0 fully saturated rings. The van der Waals surface area contributed by atoms with Crippen molar-refractivity contribution in [3.8, 4) is 0 Å². The minimum Gasteiger partial charge on any atom is -0.0622 e. The second-order valence-electron chi connectivity index (χ2n) is 22.2. The number of hydrogen-bond acceptors (Lipinski definition) is 0. The van der Waals surface area contributed by atoms with Gasteiger partial charge < -0.3 is 0 Å². The van der Waals surface area contributed by atoms with E-state index in [0.717, 1.165) is 0 Å². The molecule has 0 radical (unpaired) electrons. The first-order chi connectivity index (χ1) is 45.0. The number of rotatable bonds is 22. The van der Waals surface area contributed by atoms with Crippen LogP contribution in [0.3, 0.4) is 0 Å². The van der Waals surface area contributed by atoms with Crippen LogP contribution in [-0.2, 0) is 0 Å². The zero-order valence-electron chi connectivity index (χ0n) is 53.6. The van der Waals surface area contributed by atoms with Crippen LogP contribution in [0.25, 0.3) is 0 Å². The van der Waals surface area contributed by atoms with Crippen molar-refractivity contribution in [3.05, 3.63) is 375 Å².